The Morgan fingerprint density at radius 3 is 2.82 bits per heavy atom. The maximum Gasteiger partial charge on any atom is 0.271 e. The van der Waals surface area contributed by atoms with E-state index in [1.54, 1.807) is 11.5 Å². The number of carbonyl (C=O) groups excluding carboxylic acids is 1. The summed E-state index contributed by atoms with van der Waals surface area (Å²) in [5, 5.41) is 13.9. The number of unbranched alkanes of at least 4 members (excludes halogenated alkanes) is 1. The molecule has 0 aliphatic rings. The van der Waals surface area contributed by atoms with Crippen LogP contribution in [-0.2, 0) is 6.54 Å². The normalized spacial score (nSPS) is 11.0. The molecule has 3 rings (SSSR count). The van der Waals surface area contributed by atoms with Crippen LogP contribution in [0.5, 0.6) is 0 Å². The summed E-state index contributed by atoms with van der Waals surface area (Å²) in [5.41, 5.74) is 0.471. The van der Waals surface area contributed by atoms with Crippen molar-refractivity contribution in [3.05, 3.63) is 60.5 Å². The lowest BCUT2D eigenvalue weighted by Crippen LogP contribution is -2.20. The van der Waals surface area contributed by atoms with Crippen molar-refractivity contribution in [1.82, 2.24) is 9.55 Å². The summed E-state index contributed by atoms with van der Waals surface area (Å²) < 4.78 is 1.56. The van der Waals surface area contributed by atoms with Crippen molar-refractivity contribution in [3.63, 3.8) is 0 Å². The number of nitrogens with zero attached hydrogens (tertiary/aromatic N) is 3. The number of halogens is 1. The highest BCUT2D eigenvalue weighted by atomic mass is 35.5. The summed E-state index contributed by atoms with van der Waals surface area (Å²) in [5.74, 6) is -0.448. The lowest BCUT2D eigenvalue weighted by molar-refractivity contribution is -0.384. The second-order valence-electron chi connectivity index (χ2n) is 6.21. The second kappa shape index (κ2) is 8.07. The van der Waals surface area contributed by atoms with E-state index < -0.39 is 10.8 Å². The Morgan fingerprint density at radius 2 is 2.18 bits per heavy atom. The Labute approximate surface area is 168 Å². The fraction of sp³-hybridized carbons (Fsp3) is 0.278. The number of rotatable bonds is 6. The molecule has 0 atom stereocenters. The van der Waals surface area contributed by atoms with Crippen molar-refractivity contribution >= 4 is 50.4 Å². The van der Waals surface area contributed by atoms with Gasteiger partial charge in [0.2, 0.25) is 0 Å². The number of nitro benzene ring substituents is 1. The largest absolute Gasteiger partial charge is 0.320 e. The van der Waals surface area contributed by atoms with E-state index in [0.29, 0.717) is 27.2 Å². The first-order valence-electron chi connectivity index (χ1n) is 8.57. The van der Waals surface area contributed by atoms with Crippen molar-refractivity contribution in [2.24, 2.45) is 0 Å². The molecule has 146 valence electrons. The number of anilines is 1. The molecule has 2 heterocycles. The Bertz CT molecular complexity index is 1140. The van der Waals surface area contributed by atoms with Gasteiger partial charge in [-0.2, -0.15) is 0 Å². The minimum atomic E-state index is -0.567. The van der Waals surface area contributed by atoms with Gasteiger partial charge in [-0.1, -0.05) is 24.9 Å². The summed E-state index contributed by atoms with van der Waals surface area (Å²) in [4.78, 5) is 40.8. The summed E-state index contributed by atoms with van der Waals surface area (Å²) in [6.07, 6.45) is 3.32. The van der Waals surface area contributed by atoms with Crippen LogP contribution >= 0.6 is 22.9 Å². The molecular weight excluding hydrogens is 404 g/mol. The van der Waals surface area contributed by atoms with Crippen LogP contribution in [0.25, 0.3) is 10.2 Å². The van der Waals surface area contributed by atoms with Crippen LogP contribution in [0.4, 0.5) is 11.4 Å². The maximum atomic E-state index is 12.7. The number of carbonyl (C=O) groups is 1. The van der Waals surface area contributed by atoms with Crippen molar-refractivity contribution in [1.29, 1.82) is 0 Å². The van der Waals surface area contributed by atoms with E-state index in [0.717, 1.165) is 24.2 Å². The molecule has 0 fully saturated rings. The molecule has 0 saturated heterocycles. The molecule has 1 N–H and O–H groups in total. The zero-order valence-electron chi connectivity index (χ0n) is 15.2. The summed E-state index contributed by atoms with van der Waals surface area (Å²) in [7, 11) is 0. The number of nitro groups is 1. The lowest BCUT2D eigenvalue weighted by Gasteiger charge is -2.06. The summed E-state index contributed by atoms with van der Waals surface area (Å²) in [6.45, 7) is 4.32. The zero-order chi connectivity index (χ0) is 20.4. The number of hydrogen-bond donors (Lipinski definition) is 1. The molecule has 0 radical (unpaired) electrons. The molecule has 0 unspecified atom stereocenters. The van der Waals surface area contributed by atoms with Crippen LogP contribution in [0.15, 0.2) is 29.3 Å². The van der Waals surface area contributed by atoms with Crippen molar-refractivity contribution in [3.8, 4) is 0 Å². The lowest BCUT2D eigenvalue weighted by atomic mass is 10.2. The topological polar surface area (TPSA) is 107 Å². The first-order valence-corrected chi connectivity index (χ1v) is 9.76. The molecular formula is C18H17ClN4O4S. The van der Waals surface area contributed by atoms with Crippen molar-refractivity contribution < 1.29 is 9.72 Å². The quantitative estimate of drug-likeness (QED) is 0.470. The van der Waals surface area contributed by atoms with Gasteiger partial charge in [0.1, 0.15) is 4.83 Å². The fourth-order valence-corrected chi connectivity index (χ4v) is 4.02. The van der Waals surface area contributed by atoms with Crippen molar-refractivity contribution in [2.45, 2.75) is 33.2 Å². The molecule has 1 amide bonds. The van der Waals surface area contributed by atoms with Gasteiger partial charge in [0.05, 0.1) is 32.2 Å². The number of amides is 1. The van der Waals surface area contributed by atoms with Gasteiger partial charge in [-0.15, -0.1) is 11.3 Å². The van der Waals surface area contributed by atoms with Gasteiger partial charge < -0.3 is 5.32 Å². The van der Waals surface area contributed by atoms with Crippen LogP contribution in [0.2, 0.25) is 5.02 Å². The number of hydrogen-bond acceptors (Lipinski definition) is 6. The smallest absolute Gasteiger partial charge is 0.271 e. The third kappa shape index (κ3) is 3.76. The highest BCUT2D eigenvalue weighted by Crippen LogP contribution is 2.30. The predicted octanol–water partition coefficient (Wildman–Crippen LogP) is 4.38. The zero-order valence-corrected chi connectivity index (χ0v) is 16.8. The molecule has 3 aromatic rings. The monoisotopic (exact) mass is 420 g/mol. The Hall–Kier alpha value is -2.78. The third-order valence-corrected chi connectivity index (χ3v) is 5.80. The van der Waals surface area contributed by atoms with Crippen molar-refractivity contribution in [2.75, 3.05) is 5.32 Å². The van der Waals surface area contributed by atoms with E-state index in [1.165, 1.54) is 24.5 Å². The van der Waals surface area contributed by atoms with E-state index in [1.807, 2.05) is 6.92 Å². The Kier molecular flexibility index (Phi) is 5.76. The van der Waals surface area contributed by atoms with Crippen LogP contribution < -0.4 is 10.9 Å². The van der Waals surface area contributed by atoms with Gasteiger partial charge in [0.25, 0.3) is 17.2 Å². The third-order valence-electron chi connectivity index (χ3n) is 4.29. The van der Waals surface area contributed by atoms with E-state index in [4.69, 9.17) is 11.6 Å². The average Bonchev–Trinajstić information content (AvgIpc) is 3.00. The highest BCUT2D eigenvalue weighted by Gasteiger charge is 2.20. The first kappa shape index (κ1) is 20.0. The molecule has 0 saturated carbocycles. The number of aryl methyl sites for hydroxylation is 2. The molecule has 0 bridgehead atoms. The summed E-state index contributed by atoms with van der Waals surface area (Å²) >= 11 is 7.16. The maximum absolute atomic E-state index is 12.7. The number of benzene rings is 1. The van der Waals surface area contributed by atoms with Gasteiger partial charge in [-0.05, 0) is 25.0 Å². The molecule has 0 aliphatic heterocycles. The molecule has 2 aromatic heterocycles. The van der Waals surface area contributed by atoms with Gasteiger partial charge in [-0.3, -0.25) is 24.3 Å². The Balaban J connectivity index is 1.94. The Morgan fingerprint density at radius 1 is 1.43 bits per heavy atom. The summed E-state index contributed by atoms with van der Waals surface area (Å²) in [6, 6.07) is 3.80. The first-order chi connectivity index (χ1) is 13.3. The predicted molar refractivity (Wildman–Crippen MR) is 110 cm³/mol. The van der Waals surface area contributed by atoms with E-state index in [-0.39, 0.29) is 22.0 Å². The van der Waals surface area contributed by atoms with Gasteiger partial charge >= 0.3 is 0 Å². The standard InChI is InChI=1S/C18H17ClN4O4S/c1-3-4-7-22-9-20-17-14(18(22)25)10(2)15(28-17)16(24)21-13-6-5-11(23(26)27)8-12(13)19/h5-6,8-9H,3-4,7H2,1-2H3,(H,21,24). The van der Waals surface area contributed by atoms with Gasteiger partial charge in [-0.25, -0.2) is 4.98 Å². The number of aromatic nitrogens is 2. The number of nitrogens with one attached hydrogen (secondary N) is 1. The SMILES string of the molecule is CCCCn1cnc2sc(C(=O)Nc3ccc([N+](=O)[O-])cc3Cl)c(C)c2c1=O. The molecule has 8 nitrogen and oxygen atoms in total. The number of thiophene rings is 1. The molecule has 0 spiro atoms. The minimum absolute atomic E-state index is 0.0568. The molecule has 0 aliphatic carbocycles. The second-order valence-corrected chi connectivity index (χ2v) is 7.61. The fourth-order valence-electron chi connectivity index (χ4n) is 2.76. The van der Waals surface area contributed by atoms with E-state index in [2.05, 4.69) is 10.3 Å². The van der Waals surface area contributed by atoms with E-state index >= 15 is 0 Å². The average molecular weight is 421 g/mol. The van der Waals surface area contributed by atoms with Crippen LogP contribution in [0, 0.1) is 17.0 Å². The van der Waals surface area contributed by atoms with E-state index in [9.17, 15) is 19.7 Å². The number of fused-ring (bicyclic) bond motifs is 1. The van der Waals surface area contributed by atoms with Crippen LogP contribution in [0.3, 0.4) is 0 Å². The molecule has 10 heteroatoms. The number of non-ortho nitro benzene ring substituents is 1. The minimum Gasteiger partial charge on any atom is -0.320 e. The molecule has 28 heavy (non-hydrogen) atoms. The van der Waals surface area contributed by atoms with Crippen LogP contribution in [-0.4, -0.2) is 20.4 Å². The van der Waals surface area contributed by atoms with Gasteiger partial charge in [0.15, 0.2) is 0 Å². The molecule has 1 aromatic carbocycles. The highest BCUT2D eigenvalue weighted by molar-refractivity contribution is 7.20. The van der Waals surface area contributed by atoms with Gasteiger partial charge in [0, 0.05) is 18.7 Å². The van der Waals surface area contributed by atoms with Crippen LogP contribution in [0.1, 0.15) is 35.0 Å².